The molecule has 1 aromatic rings. The second kappa shape index (κ2) is 5.21. The number of rotatable bonds is 4. The number of esters is 1. The summed E-state index contributed by atoms with van der Waals surface area (Å²) in [4.78, 5) is 27.9. The fourth-order valence-electron chi connectivity index (χ4n) is 1.77. The molecule has 110 valence electrons. The molecule has 1 atom stereocenters. The highest BCUT2D eigenvalue weighted by Crippen LogP contribution is 2.24. The monoisotopic (exact) mass is 303 g/mol. The van der Waals surface area contributed by atoms with E-state index in [9.17, 15) is 18.0 Å². The van der Waals surface area contributed by atoms with Crippen LogP contribution in [0.3, 0.4) is 0 Å². The van der Waals surface area contributed by atoms with Crippen LogP contribution in [-0.2, 0) is 19.6 Å². The minimum atomic E-state index is -3.82. The molecule has 1 aromatic heterocycles. The molecular formula is C10H13N3O6S. The lowest BCUT2D eigenvalue weighted by atomic mass is 10.4. The summed E-state index contributed by atoms with van der Waals surface area (Å²) in [5.74, 6) is -1.35. The lowest BCUT2D eigenvalue weighted by molar-refractivity contribution is -0.117. The van der Waals surface area contributed by atoms with Gasteiger partial charge in [-0.3, -0.25) is 9.69 Å². The number of ether oxygens (including phenoxy) is 1. The molecule has 0 aliphatic carbocycles. The van der Waals surface area contributed by atoms with Gasteiger partial charge in [-0.05, 0) is 6.92 Å². The van der Waals surface area contributed by atoms with Crippen molar-refractivity contribution >= 4 is 27.9 Å². The smallest absolute Gasteiger partial charge is 0.376 e. The molecule has 0 bridgehead atoms. The molecule has 0 spiro atoms. The van der Waals surface area contributed by atoms with Crippen molar-refractivity contribution in [3.8, 4) is 0 Å². The van der Waals surface area contributed by atoms with E-state index in [0.717, 1.165) is 11.1 Å². The Balaban J connectivity index is 2.17. The highest BCUT2D eigenvalue weighted by atomic mass is 32.2. The van der Waals surface area contributed by atoms with E-state index < -0.39 is 27.1 Å². The molecule has 2 N–H and O–H groups in total. The molecule has 10 heteroatoms. The Morgan fingerprint density at radius 2 is 2.35 bits per heavy atom. The fraction of sp³-hybridized carbons (Fsp3) is 0.500. The number of anilines is 1. The highest BCUT2D eigenvalue weighted by Gasteiger charge is 2.39. The van der Waals surface area contributed by atoms with Gasteiger partial charge in [-0.25, -0.2) is 23.3 Å². The van der Waals surface area contributed by atoms with Gasteiger partial charge in [-0.2, -0.15) is 0 Å². The maximum absolute atomic E-state index is 11.7. The molecule has 0 saturated carbocycles. The predicted molar refractivity (Wildman–Crippen MR) is 66.3 cm³/mol. The third-order valence-corrected chi connectivity index (χ3v) is 4.00. The van der Waals surface area contributed by atoms with E-state index in [2.05, 4.69) is 4.98 Å². The van der Waals surface area contributed by atoms with Gasteiger partial charge in [-0.1, -0.05) is 0 Å². The number of primary sulfonamides is 1. The Morgan fingerprint density at radius 3 is 2.90 bits per heavy atom. The van der Waals surface area contributed by atoms with Crippen LogP contribution in [0.1, 0.15) is 23.9 Å². The van der Waals surface area contributed by atoms with Gasteiger partial charge in [-0.15, -0.1) is 0 Å². The number of carbonyl (C=O) groups is 2. The maximum Gasteiger partial charge on any atom is 0.376 e. The molecule has 1 amide bonds. The van der Waals surface area contributed by atoms with Crippen LogP contribution in [0.15, 0.2) is 10.6 Å². The molecule has 2 heterocycles. The number of hydrogen-bond acceptors (Lipinski definition) is 7. The quantitative estimate of drug-likeness (QED) is 0.723. The molecule has 1 fully saturated rings. The molecule has 0 aromatic carbocycles. The van der Waals surface area contributed by atoms with Crippen molar-refractivity contribution in [2.24, 2.45) is 5.14 Å². The number of sulfonamides is 1. The number of nitrogens with zero attached hydrogens (tertiary/aromatic N) is 2. The molecule has 9 nitrogen and oxygen atoms in total. The summed E-state index contributed by atoms with van der Waals surface area (Å²) < 4.78 is 32.3. The summed E-state index contributed by atoms with van der Waals surface area (Å²) in [7, 11) is -3.82. The predicted octanol–water partition coefficient (Wildman–Crippen LogP) is -0.755. The minimum Gasteiger partial charge on any atom is -0.460 e. The van der Waals surface area contributed by atoms with Crippen LogP contribution in [0.4, 0.5) is 6.01 Å². The first-order valence-corrected chi connectivity index (χ1v) is 7.38. The third kappa shape index (κ3) is 2.80. The average molecular weight is 303 g/mol. The first-order valence-electron chi connectivity index (χ1n) is 5.78. The first kappa shape index (κ1) is 14.5. The number of nitrogens with two attached hydrogens (primary N) is 1. The van der Waals surface area contributed by atoms with E-state index in [1.165, 1.54) is 0 Å². The average Bonchev–Trinajstić information content (AvgIpc) is 2.94. The molecule has 20 heavy (non-hydrogen) atoms. The van der Waals surface area contributed by atoms with Crippen molar-refractivity contribution in [3.05, 3.63) is 12.0 Å². The summed E-state index contributed by atoms with van der Waals surface area (Å²) in [6, 6.07) is -0.149. The first-order chi connectivity index (χ1) is 9.32. The topological polar surface area (TPSA) is 133 Å². The van der Waals surface area contributed by atoms with Gasteiger partial charge in [0.25, 0.3) is 0 Å². The van der Waals surface area contributed by atoms with Crippen LogP contribution in [0, 0.1) is 0 Å². The summed E-state index contributed by atoms with van der Waals surface area (Å²) in [6.07, 6.45) is 0.876. The van der Waals surface area contributed by atoms with Crippen LogP contribution in [-0.4, -0.2) is 43.7 Å². The van der Waals surface area contributed by atoms with Crippen molar-refractivity contribution < 1.29 is 27.2 Å². The van der Waals surface area contributed by atoms with Crippen molar-refractivity contribution in [3.63, 3.8) is 0 Å². The summed E-state index contributed by atoms with van der Waals surface area (Å²) in [5, 5.41) is 4.00. The third-order valence-electron chi connectivity index (χ3n) is 2.76. The van der Waals surface area contributed by atoms with E-state index in [1.807, 2.05) is 0 Å². The molecule has 2 rings (SSSR count). The van der Waals surface area contributed by atoms with Crippen LogP contribution in [0.5, 0.6) is 0 Å². The van der Waals surface area contributed by atoms with Crippen LogP contribution >= 0.6 is 0 Å². The van der Waals surface area contributed by atoms with Crippen molar-refractivity contribution in [1.82, 2.24) is 4.98 Å². The number of carbonyl (C=O) groups excluding carboxylic acids is 2. The van der Waals surface area contributed by atoms with Gasteiger partial charge in [0, 0.05) is 13.0 Å². The van der Waals surface area contributed by atoms with Gasteiger partial charge >= 0.3 is 12.0 Å². The molecule has 1 aliphatic heterocycles. The van der Waals surface area contributed by atoms with E-state index in [4.69, 9.17) is 14.3 Å². The Labute approximate surface area is 114 Å². The largest absolute Gasteiger partial charge is 0.460 e. The Hall–Kier alpha value is -1.94. The summed E-state index contributed by atoms with van der Waals surface area (Å²) in [6.45, 7) is 1.65. The van der Waals surface area contributed by atoms with E-state index in [0.29, 0.717) is 0 Å². The van der Waals surface area contributed by atoms with Crippen molar-refractivity contribution in [1.29, 1.82) is 0 Å². The lowest BCUT2D eigenvalue weighted by Crippen LogP contribution is -2.32. The SMILES string of the molecule is CCOC(=O)c1cnc(N2CC(S(N)(=O)=O)CC2=O)o1. The normalized spacial score (nSPS) is 19.4. The number of hydrogen-bond donors (Lipinski definition) is 1. The molecular weight excluding hydrogens is 290 g/mol. The Morgan fingerprint density at radius 1 is 1.65 bits per heavy atom. The zero-order chi connectivity index (χ0) is 14.9. The molecule has 1 saturated heterocycles. The van der Waals surface area contributed by atoms with Crippen LogP contribution in [0.2, 0.25) is 0 Å². The standard InChI is InChI=1S/C10H13N3O6S/c1-2-18-9(15)7-4-12-10(19-7)13-5-6(3-8(13)14)20(11,16)17/h4,6H,2-3,5H2,1H3,(H2,11,16,17). The second-order valence-corrected chi connectivity index (χ2v) is 5.99. The number of oxazole rings is 1. The highest BCUT2D eigenvalue weighted by molar-refractivity contribution is 7.89. The molecule has 1 unspecified atom stereocenters. The minimum absolute atomic E-state index is 0.149. The van der Waals surface area contributed by atoms with Gasteiger partial charge in [0.2, 0.25) is 21.7 Å². The van der Waals surface area contributed by atoms with Gasteiger partial charge in [0.1, 0.15) is 5.25 Å². The zero-order valence-corrected chi connectivity index (χ0v) is 11.4. The Kier molecular flexibility index (Phi) is 3.77. The van der Waals surface area contributed by atoms with Crippen molar-refractivity contribution in [2.45, 2.75) is 18.6 Å². The van der Waals surface area contributed by atoms with Gasteiger partial charge < -0.3 is 9.15 Å². The molecule has 1 aliphatic rings. The van der Waals surface area contributed by atoms with Crippen molar-refractivity contribution in [2.75, 3.05) is 18.1 Å². The van der Waals surface area contributed by atoms with Gasteiger partial charge in [0.05, 0.1) is 12.8 Å². The van der Waals surface area contributed by atoms with E-state index in [-0.39, 0.29) is 31.3 Å². The summed E-state index contributed by atoms with van der Waals surface area (Å²) >= 11 is 0. The maximum atomic E-state index is 11.7. The van der Waals surface area contributed by atoms with Gasteiger partial charge in [0.15, 0.2) is 0 Å². The van der Waals surface area contributed by atoms with E-state index in [1.54, 1.807) is 6.92 Å². The summed E-state index contributed by atoms with van der Waals surface area (Å²) in [5.41, 5.74) is 0. The Bertz CT molecular complexity index is 637. The fourth-order valence-corrected chi connectivity index (χ4v) is 2.50. The number of amides is 1. The lowest BCUT2D eigenvalue weighted by Gasteiger charge is -2.10. The zero-order valence-electron chi connectivity index (χ0n) is 10.6. The van der Waals surface area contributed by atoms with E-state index >= 15 is 0 Å². The van der Waals surface area contributed by atoms with Crippen LogP contribution in [0.25, 0.3) is 0 Å². The molecule has 0 radical (unpaired) electrons. The second-order valence-electron chi connectivity index (χ2n) is 4.15. The van der Waals surface area contributed by atoms with Crippen LogP contribution < -0.4 is 10.0 Å². The number of aromatic nitrogens is 1.